The van der Waals surface area contributed by atoms with Crippen molar-refractivity contribution in [2.45, 2.75) is 71.4 Å². The molecule has 3 aromatic rings. The summed E-state index contributed by atoms with van der Waals surface area (Å²) in [6.07, 6.45) is 7.45. The Balaban J connectivity index is 1.07. The monoisotopic (exact) mass is 601 g/mol. The van der Waals surface area contributed by atoms with Crippen LogP contribution in [0, 0.1) is 12.8 Å². The molecule has 1 aliphatic heterocycles. The minimum absolute atomic E-state index is 0.0373. The molecule has 3 N–H and O–H groups in total. The molecule has 1 aromatic heterocycles. The van der Waals surface area contributed by atoms with Gasteiger partial charge in [0.05, 0.1) is 12.6 Å². The zero-order valence-corrected chi connectivity index (χ0v) is 26.3. The number of carbonyl (C=O) groups excluding carboxylic acids is 2. The fraction of sp³-hybridized carbons (Fsp3) is 0.471. The average molecular weight is 602 g/mol. The number of fused-ring (bicyclic) bond motifs is 2. The van der Waals surface area contributed by atoms with Crippen molar-refractivity contribution in [3.8, 4) is 11.5 Å². The Kier molecular flexibility index (Phi) is 9.56. The van der Waals surface area contributed by atoms with E-state index >= 15 is 0 Å². The van der Waals surface area contributed by atoms with Crippen LogP contribution in [0.2, 0.25) is 0 Å². The summed E-state index contributed by atoms with van der Waals surface area (Å²) in [5, 5.41) is 18.5. The fourth-order valence-corrected chi connectivity index (χ4v) is 6.22. The van der Waals surface area contributed by atoms with E-state index in [-0.39, 0.29) is 23.8 Å². The molecule has 10 heteroatoms. The summed E-state index contributed by atoms with van der Waals surface area (Å²) < 4.78 is 10.7. The molecule has 2 aromatic carbocycles. The largest absolute Gasteiger partial charge is 0.507 e. The van der Waals surface area contributed by atoms with Crippen LogP contribution in [-0.2, 0) is 22.6 Å². The third-order valence-electron chi connectivity index (χ3n) is 8.82. The number of carbonyl (C=O) groups is 2. The van der Waals surface area contributed by atoms with Gasteiger partial charge in [0.25, 0.3) is 0 Å². The van der Waals surface area contributed by atoms with E-state index < -0.39 is 5.97 Å². The molecule has 10 nitrogen and oxygen atoms in total. The van der Waals surface area contributed by atoms with E-state index in [1.165, 1.54) is 0 Å². The number of phenols is 1. The Morgan fingerprint density at radius 2 is 1.91 bits per heavy atom. The first-order valence-corrected chi connectivity index (χ1v) is 15.4. The number of hydrogen-bond donors (Lipinski definition) is 3. The van der Waals surface area contributed by atoms with Gasteiger partial charge in [0.1, 0.15) is 29.5 Å². The van der Waals surface area contributed by atoms with Gasteiger partial charge in [-0.15, -0.1) is 0 Å². The van der Waals surface area contributed by atoms with Crippen molar-refractivity contribution in [3.63, 3.8) is 0 Å². The first-order valence-electron chi connectivity index (χ1n) is 15.4. The second kappa shape index (κ2) is 13.5. The molecule has 1 fully saturated rings. The molecule has 1 saturated carbocycles. The van der Waals surface area contributed by atoms with Gasteiger partial charge >= 0.3 is 5.97 Å². The summed E-state index contributed by atoms with van der Waals surface area (Å²) in [6, 6.07) is 8.37. The molecule has 0 radical (unpaired) electrons. The van der Waals surface area contributed by atoms with Gasteiger partial charge in [-0.1, -0.05) is 23.8 Å². The molecule has 5 rings (SSSR count). The van der Waals surface area contributed by atoms with Gasteiger partial charge < -0.3 is 30.1 Å². The number of nitrogens with one attached hydrogen (secondary N) is 2. The molecule has 0 spiro atoms. The lowest BCUT2D eigenvalue weighted by Gasteiger charge is -2.29. The van der Waals surface area contributed by atoms with E-state index in [0.717, 1.165) is 53.5 Å². The lowest BCUT2D eigenvalue weighted by Crippen LogP contribution is -2.34. The van der Waals surface area contributed by atoms with Crippen molar-refractivity contribution in [3.05, 3.63) is 58.2 Å². The van der Waals surface area contributed by atoms with Crippen LogP contribution in [0.25, 0.3) is 10.9 Å². The van der Waals surface area contributed by atoms with Crippen LogP contribution in [0.3, 0.4) is 0 Å². The minimum atomic E-state index is -0.510. The SMILES string of the molecule is COc1c(C)c2c(c(O)c1C/C=C(\C)CCC(=O)NC[C@H]1CC[C@@H](Nc3nc(N(C)C)c4ccccc4n3)CC1)C(=O)OC2. The number of aromatic hydroxyl groups is 1. The first kappa shape index (κ1) is 31.1. The average Bonchev–Trinajstić information content (AvgIpc) is 3.42. The number of anilines is 2. The smallest absolute Gasteiger partial charge is 0.342 e. The van der Waals surface area contributed by atoms with E-state index in [2.05, 4.69) is 10.6 Å². The minimum Gasteiger partial charge on any atom is -0.507 e. The number of esters is 1. The van der Waals surface area contributed by atoms with Crippen LogP contribution in [0.4, 0.5) is 11.8 Å². The molecule has 2 heterocycles. The Hall–Kier alpha value is -4.34. The number of hydrogen-bond acceptors (Lipinski definition) is 9. The number of ether oxygens (including phenoxy) is 2. The molecule has 44 heavy (non-hydrogen) atoms. The molecule has 1 amide bonds. The van der Waals surface area contributed by atoms with E-state index in [4.69, 9.17) is 19.4 Å². The van der Waals surface area contributed by atoms with Gasteiger partial charge in [-0.25, -0.2) is 9.78 Å². The van der Waals surface area contributed by atoms with Gasteiger partial charge in [-0.3, -0.25) is 4.79 Å². The van der Waals surface area contributed by atoms with Crippen molar-refractivity contribution in [1.82, 2.24) is 15.3 Å². The summed E-state index contributed by atoms with van der Waals surface area (Å²) in [6.45, 7) is 4.67. The van der Waals surface area contributed by atoms with Gasteiger partial charge in [-0.2, -0.15) is 4.98 Å². The normalized spacial score (nSPS) is 18.1. The van der Waals surface area contributed by atoms with Crippen LogP contribution >= 0.6 is 0 Å². The summed E-state index contributed by atoms with van der Waals surface area (Å²) >= 11 is 0. The lowest BCUT2D eigenvalue weighted by atomic mass is 9.86. The van der Waals surface area contributed by atoms with Crippen molar-refractivity contribution in [2.75, 3.05) is 38.0 Å². The standard InChI is InChI=1S/C34H43N5O5/c1-20(10-16-25-30(41)29-26(19-44-33(29)42)21(2)31(25)43-5)11-17-28(40)35-18-22-12-14-23(15-13-22)36-34-37-27-9-7-6-8-24(27)32(38-34)39(3)4/h6-10,22-23,41H,11-19H2,1-5H3,(H,35,40)(H,36,37,38)/b20-10+/t22-,23+. The predicted molar refractivity (Wildman–Crippen MR) is 171 cm³/mol. The molecule has 0 atom stereocenters. The number of phenolic OH excluding ortho intramolecular Hbond substituents is 1. The molecule has 1 aliphatic carbocycles. The number of amides is 1. The van der Waals surface area contributed by atoms with Crippen molar-refractivity contribution in [1.29, 1.82) is 0 Å². The molecule has 0 unspecified atom stereocenters. The third-order valence-corrected chi connectivity index (χ3v) is 8.82. The topological polar surface area (TPSA) is 126 Å². The van der Waals surface area contributed by atoms with E-state index in [9.17, 15) is 14.7 Å². The number of aromatic nitrogens is 2. The van der Waals surface area contributed by atoms with Crippen LogP contribution in [0.15, 0.2) is 35.9 Å². The maximum absolute atomic E-state index is 12.6. The lowest BCUT2D eigenvalue weighted by molar-refractivity contribution is -0.121. The maximum atomic E-state index is 12.6. The number of methoxy groups -OCH3 is 1. The predicted octanol–water partition coefficient (Wildman–Crippen LogP) is 5.44. The molecule has 2 aliphatic rings. The van der Waals surface area contributed by atoms with Gasteiger partial charge in [0, 0.05) is 49.6 Å². The molecule has 234 valence electrons. The quantitative estimate of drug-likeness (QED) is 0.194. The highest BCUT2D eigenvalue weighted by Gasteiger charge is 2.32. The second-order valence-electron chi connectivity index (χ2n) is 12.1. The summed E-state index contributed by atoms with van der Waals surface area (Å²) in [7, 11) is 5.54. The van der Waals surface area contributed by atoms with Crippen LogP contribution in [0.1, 0.15) is 72.5 Å². The Bertz CT molecular complexity index is 1580. The van der Waals surface area contributed by atoms with Crippen LogP contribution < -0.4 is 20.3 Å². The number of nitrogens with zero attached hydrogens (tertiary/aromatic N) is 3. The summed E-state index contributed by atoms with van der Waals surface area (Å²) in [5.74, 6) is 2.03. The van der Waals surface area contributed by atoms with Crippen molar-refractivity contribution in [2.24, 2.45) is 5.92 Å². The third kappa shape index (κ3) is 6.74. The fourth-order valence-electron chi connectivity index (χ4n) is 6.22. The van der Waals surface area contributed by atoms with Crippen molar-refractivity contribution >= 4 is 34.5 Å². The van der Waals surface area contributed by atoms with Gasteiger partial charge in [-0.05, 0) is 76.0 Å². The van der Waals surface area contributed by atoms with Crippen LogP contribution in [-0.4, -0.2) is 60.7 Å². The van der Waals surface area contributed by atoms with Gasteiger partial charge in [0.15, 0.2) is 0 Å². The number of para-hydroxylation sites is 1. The highest BCUT2D eigenvalue weighted by Crippen LogP contribution is 2.42. The van der Waals surface area contributed by atoms with E-state index in [1.54, 1.807) is 7.11 Å². The summed E-state index contributed by atoms with van der Waals surface area (Å²) in [4.78, 5) is 36.3. The first-order chi connectivity index (χ1) is 21.2. The van der Waals surface area contributed by atoms with E-state index in [0.29, 0.717) is 60.6 Å². The number of benzene rings is 2. The van der Waals surface area contributed by atoms with E-state index in [1.807, 2.05) is 63.2 Å². The Labute approximate surface area is 258 Å². The second-order valence-corrected chi connectivity index (χ2v) is 12.1. The highest BCUT2D eigenvalue weighted by molar-refractivity contribution is 5.98. The van der Waals surface area contributed by atoms with Gasteiger partial charge in [0.2, 0.25) is 11.9 Å². The van der Waals surface area contributed by atoms with Crippen LogP contribution in [0.5, 0.6) is 11.5 Å². The molecular weight excluding hydrogens is 558 g/mol. The zero-order valence-electron chi connectivity index (χ0n) is 26.3. The highest BCUT2D eigenvalue weighted by atomic mass is 16.5. The van der Waals surface area contributed by atoms with Crippen molar-refractivity contribution < 1.29 is 24.2 Å². The molecule has 0 saturated heterocycles. The number of cyclic esters (lactones) is 1. The Morgan fingerprint density at radius 1 is 1.16 bits per heavy atom. The maximum Gasteiger partial charge on any atom is 0.342 e. The molecular formula is C34H43N5O5. The Morgan fingerprint density at radius 3 is 2.64 bits per heavy atom. The summed E-state index contributed by atoms with van der Waals surface area (Å²) in [5.41, 5.74) is 4.22. The number of rotatable bonds is 11. The zero-order chi connectivity index (χ0) is 31.4. The number of allylic oxidation sites excluding steroid dienone is 2. The molecule has 0 bridgehead atoms.